The van der Waals surface area contributed by atoms with Crippen LogP contribution in [0.2, 0.25) is 0 Å². The Morgan fingerprint density at radius 1 is 1.20 bits per heavy atom. The van der Waals surface area contributed by atoms with Crippen molar-refractivity contribution in [1.29, 1.82) is 0 Å². The lowest BCUT2D eigenvalue weighted by Gasteiger charge is -2.16. The van der Waals surface area contributed by atoms with Gasteiger partial charge in [-0.3, -0.25) is 14.2 Å². The maximum atomic E-state index is 13.1. The van der Waals surface area contributed by atoms with Crippen LogP contribution in [0.4, 0.5) is 0 Å². The second kappa shape index (κ2) is 8.93. The molecule has 0 saturated carbocycles. The zero-order valence-corrected chi connectivity index (χ0v) is 18.6. The number of carbonyl (C=O) groups excluding carboxylic acids is 1. The molecule has 1 N–H and O–H groups in total. The first kappa shape index (κ1) is 20.5. The highest BCUT2D eigenvalue weighted by Crippen LogP contribution is 2.34. The summed E-state index contributed by atoms with van der Waals surface area (Å²) in [6.07, 6.45) is 2.40. The Balaban J connectivity index is 1.52. The van der Waals surface area contributed by atoms with Crippen LogP contribution in [-0.4, -0.2) is 22.0 Å². The molecule has 0 fully saturated rings. The van der Waals surface area contributed by atoms with E-state index in [1.807, 2.05) is 42.6 Å². The van der Waals surface area contributed by atoms with Gasteiger partial charge in [0.2, 0.25) is 5.91 Å². The van der Waals surface area contributed by atoms with Crippen LogP contribution in [0, 0.1) is 6.92 Å². The number of aryl methyl sites for hydroxylation is 1. The Morgan fingerprint density at radius 3 is 2.70 bits per heavy atom. The average molecular weight is 438 g/mol. The highest BCUT2D eigenvalue weighted by atomic mass is 32.1. The smallest absolute Gasteiger partial charge is 0.263 e. The summed E-state index contributed by atoms with van der Waals surface area (Å²) >= 11 is 3.11. The SMILES string of the molecule is CCC(CNC(=O)Cn1cnc2scc(-c3ccc(C)s3)c2c1=O)c1ccccc1. The predicted molar refractivity (Wildman–Crippen MR) is 124 cm³/mol. The summed E-state index contributed by atoms with van der Waals surface area (Å²) in [5, 5.41) is 5.54. The van der Waals surface area contributed by atoms with Crippen LogP contribution in [-0.2, 0) is 11.3 Å². The molecule has 0 aliphatic heterocycles. The van der Waals surface area contributed by atoms with Crippen LogP contribution in [0.1, 0.15) is 29.7 Å². The third kappa shape index (κ3) is 4.22. The van der Waals surface area contributed by atoms with E-state index in [4.69, 9.17) is 0 Å². The molecule has 0 spiro atoms. The lowest BCUT2D eigenvalue weighted by atomic mass is 9.96. The molecule has 0 saturated heterocycles. The van der Waals surface area contributed by atoms with E-state index in [0.29, 0.717) is 16.8 Å². The lowest BCUT2D eigenvalue weighted by molar-refractivity contribution is -0.121. The molecule has 0 aliphatic carbocycles. The maximum Gasteiger partial charge on any atom is 0.263 e. The molecule has 4 rings (SSSR count). The topological polar surface area (TPSA) is 64.0 Å². The fourth-order valence-corrected chi connectivity index (χ4v) is 5.37. The number of nitrogens with one attached hydrogen (secondary N) is 1. The number of carbonyl (C=O) groups is 1. The zero-order valence-electron chi connectivity index (χ0n) is 16.9. The third-order valence-electron chi connectivity index (χ3n) is 5.19. The van der Waals surface area contributed by atoms with Crippen molar-refractivity contribution in [2.45, 2.75) is 32.7 Å². The summed E-state index contributed by atoms with van der Waals surface area (Å²) in [7, 11) is 0. The summed E-state index contributed by atoms with van der Waals surface area (Å²) in [6.45, 7) is 4.66. The second-order valence-electron chi connectivity index (χ2n) is 7.24. The van der Waals surface area contributed by atoms with Crippen LogP contribution >= 0.6 is 22.7 Å². The number of hydrogen-bond donors (Lipinski definition) is 1. The average Bonchev–Trinajstić information content (AvgIpc) is 3.38. The molecule has 1 amide bonds. The van der Waals surface area contributed by atoms with Crippen molar-refractivity contribution < 1.29 is 4.79 Å². The minimum atomic E-state index is -0.184. The van der Waals surface area contributed by atoms with Crippen LogP contribution in [0.15, 0.2) is 59.0 Å². The molecule has 0 bridgehead atoms. The molecule has 0 radical (unpaired) electrons. The number of nitrogens with zero attached hydrogens (tertiary/aromatic N) is 2. The van der Waals surface area contributed by atoms with Gasteiger partial charge in [-0.2, -0.15) is 0 Å². The van der Waals surface area contributed by atoms with Gasteiger partial charge in [-0.05, 0) is 31.0 Å². The van der Waals surface area contributed by atoms with E-state index >= 15 is 0 Å². The van der Waals surface area contributed by atoms with Crippen LogP contribution < -0.4 is 10.9 Å². The summed E-state index contributed by atoms with van der Waals surface area (Å²) in [5.74, 6) is 0.0643. The number of amides is 1. The van der Waals surface area contributed by atoms with E-state index in [0.717, 1.165) is 16.9 Å². The van der Waals surface area contributed by atoms with E-state index in [2.05, 4.69) is 29.4 Å². The zero-order chi connectivity index (χ0) is 21.1. The third-order valence-corrected chi connectivity index (χ3v) is 7.11. The number of thiophene rings is 2. The monoisotopic (exact) mass is 437 g/mol. The number of benzene rings is 1. The largest absolute Gasteiger partial charge is 0.354 e. The van der Waals surface area contributed by atoms with Gasteiger partial charge >= 0.3 is 0 Å². The molecule has 1 aromatic carbocycles. The van der Waals surface area contributed by atoms with Crippen molar-refractivity contribution in [1.82, 2.24) is 14.9 Å². The molecule has 7 heteroatoms. The fourth-order valence-electron chi connectivity index (χ4n) is 3.51. The minimum absolute atomic E-state index is 0.0360. The van der Waals surface area contributed by atoms with Crippen molar-refractivity contribution in [2.75, 3.05) is 6.54 Å². The predicted octanol–water partition coefficient (Wildman–Crippen LogP) is 4.80. The van der Waals surface area contributed by atoms with Crippen LogP contribution in [0.3, 0.4) is 0 Å². The van der Waals surface area contributed by atoms with E-state index in [1.54, 1.807) is 11.3 Å². The van der Waals surface area contributed by atoms with Crippen molar-refractivity contribution in [3.63, 3.8) is 0 Å². The first-order valence-electron chi connectivity index (χ1n) is 9.92. The van der Waals surface area contributed by atoms with Crippen molar-refractivity contribution in [3.8, 4) is 10.4 Å². The normalized spacial score (nSPS) is 12.2. The standard InChI is InChI=1S/C23H23N3O2S2/c1-3-16(17-7-5-4-6-8-17)11-24-20(27)12-26-14-25-22-21(23(26)28)18(13-29-22)19-10-9-15(2)30-19/h4-10,13-14,16H,3,11-12H2,1-2H3,(H,24,27). The van der Waals surface area contributed by atoms with Gasteiger partial charge in [-0.1, -0.05) is 37.3 Å². The van der Waals surface area contributed by atoms with E-state index < -0.39 is 0 Å². The molecule has 1 atom stereocenters. The highest BCUT2D eigenvalue weighted by molar-refractivity contribution is 7.19. The Kier molecular flexibility index (Phi) is 6.11. The van der Waals surface area contributed by atoms with Gasteiger partial charge in [0.15, 0.2) is 0 Å². The molecular weight excluding hydrogens is 414 g/mol. The van der Waals surface area contributed by atoms with Gasteiger partial charge in [0.05, 0.1) is 11.7 Å². The minimum Gasteiger partial charge on any atom is -0.354 e. The van der Waals surface area contributed by atoms with Gasteiger partial charge in [0.25, 0.3) is 5.56 Å². The number of aromatic nitrogens is 2. The molecule has 30 heavy (non-hydrogen) atoms. The number of fused-ring (bicyclic) bond motifs is 1. The molecule has 0 aliphatic rings. The van der Waals surface area contributed by atoms with E-state index in [1.165, 1.54) is 32.7 Å². The molecular formula is C23H23N3O2S2. The summed E-state index contributed by atoms with van der Waals surface area (Å²) in [4.78, 5) is 33.0. The Bertz CT molecular complexity index is 1220. The van der Waals surface area contributed by atoms with Gasteiger partial charge in [0, 0.05) is 33.2 Å². The molecule has 3 heterocycles. The second-order valence-corrected chi connectivity index (χ2v) is 9.38. The van der Waals surface area contributed by atoms with Crippen molar-refractivity contribution in [3.05, 3.63) is 75.0 Å². The first-order valence-corrected chi connectivity index (χ1v) is 11.6. The van der Waals surface area contributed by atoms with Gasteiger partial charge in [0.1, 0.15) is 11.4 Å². The van der Waals surface area contributed by atoms with Gasteiger partial charge in [-0.15, -0.1) is 22.7 Å². The Labute approximate surface area is 183 Å². The molecule has 3 aromatic heterocycles. The van der Waals surface area contributed by atoms with E-state index in [-0.39, 0.29) is 23.9 Å². The van der Waals surface area contributed by atoms with E-state index in [9.17, 15) is 9.59 Å². The lowest BCUT2D eigenvalue weighted by Crippen LogP contribution is -2.34. The summed E-state index contributed by atoms with van der Waals surface area (Å²) < 4.78 is 1.40. The highest BCUT2D eigenvalue weighted by Gasteiger charge is 2.16. The molecule has 1 unspecified atom stereocenters. The molecule has 4 aromatic rings. The van der Waals surface area contributed by atoms with Crippen molar-refractivity contribution in [2.24, 2.45) is 0 Å². The van der Waals surface area contributed by atoms with Gasteiger partial charge < -0.3 is 5.32 Å². The van der Waals surface area contributed by atoms with Crippen LogP contribution in [0.25, 0.3) is 20.7 Å². The summed E-state index contributed by atoms with van der Waals surface area (Å²) in [5.41, 5.74) is 1.93. The quantitative estimate of drug-likeness (QED) is 0.451. The Hall–Kier alpha value is -2.77. The van der Waals surface area contributed by atoms with Gasteiger partial charge in [-0.25, -0.2) is 4.98 Å². The Morgan fingerprint density at radius 2 is 2.00 bits per heavy atom. The summed E-state index contributed by atoms with van der Waals surface area (Å²) in [6, 6.07) is 14.2. The number of hydrogen-bond acceptors (Lipinski definition) is 5. The first-order chi connectivity index (χ1) is 14.6. The maximum absolute atomic E-state index is 13.1. The number of rotatable bonds is 7. The molecule has 5 nitrogen and oxygen atoms in total. The molecule has 154 valence electrons. The fraction of sp³-hybridized carbons (Fsp3) is 0.261. The van der Waals surface area contributed by atoms with Crippen molar-refractivity contribution >= 4 is 38.8 Å². The van der Waals surface area contributed by atoms with Crippen LogP contribution in [0.5, 0.6) is 0 Å².